The van der Waals surface area contributed by atoms with Gasteiger partial charge in [-0.15, -0.1) is 11.3 Å². The van der Waals surface area contributed by atoms with Gasteiger partial charge in [-0.3, -0.25) is 4.68 Å². The van der Waals surface area contributed by atoms with Gasteiger partial charge >= 0.3 is 0 Å². The summed E-state index contributed by atoms with van der Waals surface area (Å²) in [6.07, 6.45) is 1.83. The summed E-state index contributed by atoms with van der Waals surface area (Å²) in [5, 5.41) is 9.06. The fourth-order valence-electron chi connectivity index (χ4n) is 2.15. The highest BCUT2D eigenvalue weighted by molar-refractivity contribution is 7.19. The number of rotatable bonds is 4. The first kappa shape index (κ1) is 12.4. The maximum Gasteiger partial charge on any atom is 0.0518 e. The number of thiophene rings is 1. The Morgan fingerprint density at radius 2 is 2.16 bits per heavy atom. The second-order valence-electron chi connectivity index (χ2n) is 4.74. The molecule has 1 atom stereocenters. The number of hydrogen-bond donors (Lipinski definition) is 1. The monoisotopic (exact) mass is 271 g/mol. The smallest absolute Gasteiger partial charge is 0.0518 e. The molecule has 0 spiro atoms. The van der Waals surface area contributed by atoms with Gasteiger partial charge in [-0.1, -0.05) is 18.2 Å². The minimum Gasteiger partial charge on any atom is -0.304 e. The van der Waals surface area contributed by atoms with Crippen molar-refractivity contribution in [3.8, 4) is 0 Å². The Morgan fingerprint density at radius 3 is 2.89 bits per heavy atom. The normalized spacial score (nSPS) is 12.9. The zero-order valence-electron chi connectivity index (χ0n) is 11.1. The lowest BCUT2D eigenvalue weighted by Crippen LogP contribution is -2.18. The molecule has 1 N–H and O–H groups in total. The van der Waals surface area contributed by atoms with Crippen molar-refractivity contribution in [1.82, 2.24) is 15.1 Å². The molecule has 0 saturated carbocycles. The standard InChI is InChI=1S/C15H17N3S/c1-11(16-10-13-7-8-17-18(13)2)15-9-12-5-3-4-6-14(12)19-15/h3-9,11,16H,10H2,1-2H3. The molecule has 4 heteroatoms. The largest absolute Gasteiger partial charge is 0.304 e. The zero-order chi connectivity index (χ0) is 13.2. The number of nitrogens with zero attached hydrogens (tertiary/aromatic N) is 2. The molecule has 3 rings (SSSR count). The lowest BCUT2D eigenvalue weighted by atomic mass is 10.2. The zero-order valence-corrected chi connectivity index (χ0v) is 11.9. The van der Waals surface area contributed by atoms with Crippen LogP contribution in [-0.2, 0) is 13.6 Å². The minimum absolute atomic E-state index is 0.354. The van der Waals surface area contributed by atoms with Crippen LogP contribution in [0.4, 0.5) is 0 Å². The van der Waals surface area contributed by atoms with Crippen molar-refractivity contribution in [2.75, 3.05) is 0 Å². The molecule has 0 aliphatic heterocycles. The lowest BCUT2D eigenvalue weighted by molar-refractivity contribution is 0.554. The van der Waals surface area contributed by atoms with Crippen LogP contribution in [-0.4, -0.2) is 9.78 Å². The van der Waals surface area contributed by atoms with Crippen LogP contribution in [0.2, 0.25) is 0 Å². The maximum atomic E-state index is 4.18. The third-order valence-corrected chi connectivity index (χ3v) is 4.68. The number of aromatic nitrogens is 2. The van der Waals surface area contributed by atoms with Crippen LogP contribution in [0, 0.1) is 0 Å². The first-order chi connectivity index (χ1) is 9.24. The topological polar surface area (TPSA) is 29.9 Å². The van der Waals surface area contributed by atoms with E-state index in [0.717, 1.165) is 6.54 Å². The molecule has 0 amide bonds. The van der Waals surface area contributed by atoms with Gasteiger partial charge < -0.3 is 5.32 Å². The Bertz CT molecular complexity index is 650. The van der Waals surface area contributed by atoms with Gasteiger partial charge in [0.05, 0.1) is 5.69 Å². The fourth-order valence-corrected chi connectivity index (χ4v) is 3.24. The summed E-state index contributed by atoms with van der Waals surface area (Å²) in [5.41, 5.74) is 1.20. The summed E-state index contributed by atoms with van der Waals surface area (Å²) >= 11 is 1.86. The highest BCUT2D eigenvalue weighted by Crippen LogP contribution is 2.29. The van der Waals surface area contributed by atoms with Crippen molar-refractivity contribution in [1.29, 1.82) is 0 Å². The molecule has 2 aromatic heterocycles. The van der Waals surface area contributed by atoms with E-state index < -0.39 is 0 Å². The molecule has 0 fully saturated rings. The van der Waals surface area contributed by atoms with Crippen molar-refractivity contribution in [2.24, 2.45) is 7.05 Å². The first-order valence-electron chi connectivity index (χ1n) is 6.43. The number of benzene rings is 1. The lowest BCUT2D eigenvalue weighted by Gasteiger charge is -2.11. The Morgan fingerprint density at radius 1 is 1.32 bits per heavy atom. The number of fused-ring (bicyclic) bond motifs is 1. The number of nitrogens with one attached hydrogen (secondary N) is 1. The molecule has 0 aliphatic rings. The molecule has 98 valence electrons. The second-order valence-corrected chi connectivity index (χ2v) is 5.85. The van der Waals surface area contributed by atoms with Gasteiger partial charge in [0.2, 0.25) is 0 Å². The van der Waals surface area contributed by atoms with Gasteiger partial charge in [0, 0.05) is 35.4 Å². The molecule has 0 bridgehead atoms. The van der Waals surface area contributed by atoms with E-state index in [9.17, 15) is 0 Å². The molecule has 2 heterocycles. The highest BCUT2D eigenvalue weighted by atomic mass is 32.1. The predicted molar refractivity (Wildman–Crippen MR) is 80.3 cm³/mol. The Hall–Kier alpha value is -1.65. The Balaban J connectivity index is 1.73. The van der Waals surface area contributed by atoms with Crippen molar-refractivity contribution in [3.05, 3.63) is 53.2 Å². The van der Waals surface area contributed by atoms with Crippen LogP contribution >= 0.6 is 11.3 Å². The number of aryl methyl sites for hydroxylation is 1. The van der Waals surface area contributed by atoms with E-state index in [1.165, 1.54) is 20.7 Å². The van der Waals surface area contributed by atoms with Crippen molar-refractivity contribution in [3.63, 3.8) is 0 Å². The van der Waals surface area contributed by atoms with E-state index in [-0.39, 0.29) is 0 Å². The Kier molecular flexibility index (Phi) is 3.36. The Labute approximate surface area is 116 Å². The molecular weight excluding hydrogens is 254 g/mol. The third-order valence-electron chi connectivity index (χ3n) is 3.38. The SMILES string of the molecule is CC(NCc1ccnn1C)c1cc2ccccc2s1. The van der Waals surface area contributed by atoms with Gasteiger partial charge in [-0.05, 0) is 30.5 Å². The average molecular weight is 271 g/mol. The third kappa shape index (κ3) is 2.55. The van der Waals surface area contributed by atoms with E-state index in [4.69, 9.17) is 0 Å². The molecular formula is C15H17N3S. The minimum atomic E-state index is 0.354. The van der Waals surface area contributed by atoms with Gasteiger partial charge in [-0.2, -0.15) is 5.10 Å². The molecule has 1 aromatic carbocycles. The molecule has 0 aliphatic carbocycles. The molecule has 0 radical (unpaired) electrons. The summed E-state index contributed by atoms with van der Waals surface area (Å²) in [5.74, 6) is 0. The van der Waals surface area contributed by atoms with E-state index in [2.05, 4.69) is 47.7 Å². The van der Waals surface area contributed by atoms with E-state index in [1.807, 2.05) is 35.3 Å². The van der Waals surface area contributed by atoms with Crippen LogP contribution in [0.25, 0.3) is 10.1 Å². The summed E-state index contributed by atoms with van der Waals surface area (Å²) in [7, 11) is 1.97. The van der Waals surface area contributed by atoms with E-state index in [0.29, 0.717) is 6.04 Å². The summed E-state index contributed by atoms with van der Waals surface area (Å²) in [6, 6.07) is 13.2. The van der Waals surface area contributed by atoms with Gasteiger partial charge in [-0.25, -0.2) is 0 Å². The van der Waals surface area contributed by atoms with Crippen LogP contribution < -0.4 is 5.32 Å². The molecule has 19 heavy (non-hydrogen) atoms. The van der Waals surface area contributed by atoms with Gasteiger partial charge in [0.1, 0.15) is 0 Å². The molecule has 1 unspecified atom stereocenters. The molecule has 3 aromatic rings. The summed E-state index contributed by atoms with van der Waals surface area (Å²) < 4.78 is 3.26. The second kappa shape index (κ2) is 5.15. The quantitative estimate of drug-likeness (QED) is 0.787. The van der Waals surface area contributed by atoms with Crippen LogP contribution in [0.1, 0.15) is 23.5 Å². The summed E-state index contributed by atoms with van der Waals surface area (Å²) in [6.45, 7) is 3.05. The summed E-state index contributed by atoms with van der Waals surface area (Å²) in [4.78, 5) is 1.38. The van der Waals surface area contributed by atoms with Crippen molar-refractivity contribution in [2.45, 2.75) is 19.5 Å². The van der Waals surface area contributed by atoms with Crippen LogP contribution in [0.3, 0.4) is 0 Å². The average Bonchev–Trinajstić information content (AvgIpc) is 3.01. The maximum absolute atomic E-state index is 4.18. The van der Waals surface area contributed by atoms with Crippen LogP contribution in [0.15, 0.2) is 42.6 Å². The fraction of sp³-hybridized carbons (Fsp3) is 0.267. The van der Waals surface area contributed by atoms with Gasteiger partial charge in [0.15, 0.2) is 0 Å². The number of hydrogen-bond acceptors (Lipinski definition) is 3. The van der Waals surface area contributed by atoms with Crippen molar-refractivity contribution >= 4 is 21.4 Å². The van der Waals surface area contributed by atoms with E-state index in [1.54, 1.807) is 0 Å². The van der Waals surface area contributed by atoms with E-state index >= 15 is 0 Å². The predicted octanol–water partition coefficient (Wildman–Crippen LogP) is 3.49. The van der Waals surface area contributed by atoms with Crippen LogP contribution in [0.5, 0.6) is 0 Å². The van der Waals surface area contributed by atoms with Crippen molar-refractivity contribution < 1.29 is 0 Å². The first-order valence-corrected chi connectivity index (χ1v) is 7.24. The molecule has 3 nitrogen and oxygen atoms in total. The molecule has 0 saturated heterocycles. The highest BCUT2D eigenvalue weighted by Gasteiger charge is 2.09. The van der Waals surface area contributed by atoms with Gasteiger partial charge in [0.25, 0.3) is 0 Å².